The molecule has 1 N–H and O–H groups in total. The van der Waals surface area contributed by atoms with E-state index in [1.165, 1.54) is 17.3 Å². The summed E-state index contributed by atoms with van der Waals surface area (Å²) in [6.07, 6.45) is 4.28. The van der Waals surface area contributed by atoms with Gasteiger partial charge in [-0.2, -0.15) is 0 Å². The summed E-state index contributed by atoms with van der Waals surface area (Å²) in [5, 5.41) is 3.59. The molecule has 0 atom stereocenters. The normalized spacial score (nSPS) is 14.0. The Kier molecular flexibility index (Phi) is 8.67. The fourth-order valence-electron chi connectivity index (χ4n) is 4.33. The second-order valence-corrected chi connectivity index (χ2v) is 10.1. The number of nitrogens with one attached hydrogen (secondary N) is 1. The summed E-state index contributed by atoms with van der Waals surface area (Å²) in [5.41, 5.74) is 3.31. The summed E-state index contributed by atoms with van der Waals surface area (Å²) in [5.74, 6) is 2.29. The minimum Gasteiger partial charge on any atom is -0.455 e. The van der Waals surface area contributed by atoms with E-state index in [4.69, 9.17) is 14.4 Å². The first kappa shape index (κ1) is 25.9. The zero-order chi connectivity index (χ0) is 26.2. The maximum Gasteiger partial charge on any atom is 0.287 e. The van der Waals surface area contributed by atoms with Gasteiger partial charge in [-0.3, -0.25) is 14.7 Å². The summed E-state index contributed by atoms with van der Waals surface area (Å²) < 4.78 is 5.80. The SMILES string of the molecule is CCc1cc(N2CCN(Cc3ccccc3)CC2)nc(SCc2ccc(C(=O)NCc3cccnc3)o2)n1. The second-order valence-electron chi connectivity index (χ2n) is 9.20. The number of nitrogens with zero attached hydrogens (tertiary/aromatic N) is 5. The van der Waals surface area contributed by atoms with E-state index in [2.05, 4.69) is 63.4 Å². The van der Waals surface area contributed by atoms with Gasteiger partial charge in [-0.25, -0.2) is 9.97 Å². The number of aromatic nitrogens is 3. The van der Waals surface area contributed by atoms with E-state index in [9.17, 15) is 4.79 Å². The lowest BCUT2D eigenvalue weighted by Gasteiger charge is -2.35. The highest BCUT2D eigenvalue weighted by Crippen LogP contribution is 2.25. The molecule has 4 aromatic rings. The van der Waals surface area contributed by atoms with Gasteiger partial charge in [0.15, 0.2) is 10.9 Å². The largest absolute Gasteiger partial charge is 0.455 e. The third kappa shape index (κ3) is 6.99. The fourth-order valence-corrected chi connectivity index (χ4v) is 5.10. The molecular weight excluding hydrogens is 496 g/mol. The molecule has 1 fully saturated rings. The van der Waals surface area contributed by atoms with E-state index < -0.39 is 0 Å². The molecule has 0 unspecified atom stereocenters. The topological polar surface area (TPSA) is 87.4 Å². The lowest BCUT2D eigenvalue weighted by Crippen LogP contribution is -2.46. The van der Waals surface area contributed by atoms with E-state index in [1.807, 2.05) is 18.2 Å². The lowest BCUT2D eigenvalue weighted by molar-refractivity contribution is 0.0921. The Morgan fingerprint density at radius 3 is 2.58 bits per heavy atom. The molecule has 3 aromatic heterocycles. The van der Waals surface area contributed by atoms with Crippen molar-refractivity contribution in [3.8, 4) is 0 Å². The van der Waals surface area contributed by atoms with Crippen LogP contribution in [-0.2, 0) is 25.3 Å². The molecule has 1 aliphatic heterocycles. The van der Waals surface area contributed by atoms with Crippen molar-refractivity contribution in [3.63, 3.8) is 0 Å². The van der Waals surface area contributed by atoms with Gasteiger partial charge in [-0.1, -0.05) is 55.1 Å². The maximum absolute atomic E-state index is 12.5. The van der Waals surface area contributed by atoms with Gasteiger partial charge in [0, 0.05) is 63.4 Å². The monoisotopic (exact) mass is 528 g/mol. The Bertz CT molecular complexity index is 1320. The average Bonchev–Trinajstić information content (AvgIpc) is 3.45. The highest BCUT2D eigenvalue weighted by atomic mass is 32.2. The van der Waals surface area contributed by atoms with Crippen LogP contribution in [0.5, 0.6) is 0 Å². The summed E-state index contributed by atoms with van der Waals surface area (Å²) >= 11 is 1.53. The summed E-state index contributed by atoms with van der Waals surface area (Å²) in [4.78, 5) is 31.0. The molecule has 0 aliphatic carbocycles. The number of carbonyl (C=O) groups excluding carboxylic acids is 1. The number of benzene rings is 1. The van der Waals surface area contributed by atoms with Gasteiger partial charge in [0.2, 0.25) is 0 Å². The van der Waals surface area contributed by atoms with Gasteiger partial charge in [-0.15, -0.1) is 0 Å². The van der Waals surface area contributed by atoms with Gasteiger partial charge < -0.3 is 14.6 Å². The van der Waals surface area contributed by atoms with Crippen LogP contribution in [0, 0.1) is 0 Å². The Morgan fingerprint density at radius 2 is 1.82 bits per heavy atom. The summed E-state index contributed by atoms with van der Waals surface area (Å²) in [6.45, 7) is 7.37. The lowest BCUT2D eigenvalue weighted by atomic mass is 10.2. The molecule has 8 nitrogen and oxygen atoms in total. The van der Waals surface area contributed by atoms with E-state index in [1.54, 1.807) is 18.5 Å². The van der Waals surface area contributed by atoms with Crippen LogP contribution in [0.25, 0.3) is 0 Å². The minimum atomic E-state index is -0.247. The first-order valence-electron chi connectivity index (χ1n) is 12.9. The molecule has 0 radical (unpaired) electrons. The molecule has 0 spiro atoms. The van der Waals surface area contributed by atoms with Crippen LogP contribution >= 0.6 is 11.8 Å². The van der Waals surface area contributed by atoms with Gasteiger partial charge in [0.05, 0.1) is 5.75 Å². The van der Waals surface area contributed by atoms with Crippen molar-refractivity contribution in [2.24, 2.45) is 0 Å². The number of pyridine rings is 1. The Morgan fingerprint density at radius 1 is 1.00 bits per heavy atom. The predicted octanol–water partition coefficient (Wildman–Crippen LogP) is 4.57. The Hall–Kier alpha value is -3.69. The number of hydrogen-bond acceptors (Lipinski definition) is 8. The van der Waals surface area contributed by atoms with Gasteiger partial charge >= 0.3 is 0 Å². The molecule has 0 bridgehead atoms. The Balaban J connectivity index is 1.15. The first-order chi connectivity index (χ1) is 18.7. The molecule has 1 amide bonds. The van der Waals surface area contributed by atoms with Crippen LogP contribution in [0.2, 0.25) is 0 Å². The molecule has 5 rings (SSSR count). The fraction of sp³-hybridized carbons (Fsp3) is 0.310. The van der Waals surface area contributed by atoms with Crippen molar-refractivity contribution in [3.05, 3.63) is 101 Å². The number of aryl methyl sites for hydroxylation is 1. The van der Waals surface area contributed by atoms with Crippen LogP contribution in [0.1, 0.15) is 40.1 Å². The molecular formula is C29H32N6O2S. The van der Waals surface area contributed by atoms with Crippen molar-refractivity contribution in [1.82, 2.24) is 25.2 Å². The van der Waals surface area contributed by atoms with E-state index >= 15 is 0 Å². The van der Waals surface area contributed by atoms with Crippen LogP contribution in [0.4, 0.5) is 5.82 Å². The smallest absolute Gasteiger partial charge is 0.287 e. The minimum absolute atomic E-state index is 0.247. The highest BCUT2D eigenvalue weighted by molar-refractivity contribution is 7.98. The maximum atomic E-state index is 12.5. The second kappa shape index (κ2) is 12.7. The number of furan rings is 1. The predicted molar refractivity (Wildman–Crippen MR) is 149 cm³/mol. The van der Waals surface area contributed by atoms with Gasteiger partial charge in [-0.05, 0) is 35.7 Å². The number of anilines is 1. The zero-order valence-corrected chi connectivity index (χ0v) is 22.4. The van der Waals surface area contributed by atoms with E-state index in [0.717, 1.165) is 61.4 Å². The number of piperazine rings is 1. The van der Waals surface area contributed by atoms with Crippen LogP contribution in [0.3, 0.4) is 0 Å². The van der Waals surface area contributed by atoms with E-state index in [0.29, 0.717) is 23.8 Å². The zero-order valence-electron chi connectivity index (χ0n) is 21.5. The van der Waals surface area contributed by atoms with Crippen molar-refractivity contribution in [1.29, 1.82) is 0 Å². The average molecular weight is 529 g/mol. The number of amides is 1. The third-order valence-electron chi connectivity index (χ3n) is 6.46. The molecule has 0 saturated carbocycles. The highest BCUT2D eigenvalue weighted by Gasteiger charge is 2.20. The number of rotatable bonds is 10. The first-order valence-corrected chi connectivity index (χ1v) is 13.9. The standard InChI is InChI=1S/C29H32N6O2S/c1-2-24-17-27(35-15-13-34(14-16-35)20-22-7-4-3-5-8-22)33-29(32-24)38-21-25-10-11-26(37-25)28(36)31-19-23-9-6-12-30-18-23/h3-12,17-18H,2,13-16,19-21H2,1H3,(H,31,36). The van der Waals surface area contributed by atoms with E-state index in [-0.39, 0.29) is 5.91 Å². The van der Waals surface area contributed by atoms with Crippen LogP contribution in [0.15, 0.2) is 82.6 Å². The van der Waals surface area contributed by atoms with Crippen molar-refractivity contribution >= 4 is 23.5 Å². The Labute approximate surface area is 227 Å². The molecule has 9 heteroatoms. The molecule has 1 aliphatic rings. The summed E-state index contributed by atoms with van der Waals surface area (Å²) in [6, 6.07) is 20.0. The molecule has 4 heterocycles. The molecule has 1 aromatic carbocycles. The number of thioether (sulfide) groups is 1. The molecule has 38 heavy (non-hydrogen) atoms. The van der Waals surface area contributed by atoms with Gasteiger partial charge in [0.25, 0.3) is 5.91 Å². The third-order valence-corrected chi connectivity index (χ3v) is 7.33. The van der Waals surface area contributed by atoms with Crippen molar-refractivity contribution < 1.29 is 9.21 Å². The van der Waals surface area contributed by atoms with Crippen molar-refractivity contribution in [2.45, 2.75) is 37.3 Å². The van der Waals surface area contributed by atoms with Crippen molar-refractivity contribution in [2.75, 3.05) is 31.1 Å². The van der Waals surface area contributed by atoms with Crippen LogP contribution in [-0.4, -0.2) is 51.9 Å². The summed E-state index contributed by atoms with van der Waals surface area (Å²) in [7, 11) is 0. The number of hydrogen-bond donors (Lipinski definition) is 1. The molecule has 196 valence electrons. The quantitative estimate of drug-likeness (QED) is 0.237. The van der Waals surface area contributed by atoms with Gasteiger partial charge in [0.1, 0.15) is 11.6 Å². The van der Waals surface area contributed by atoms with Crippen LogP contribution < -0.4 is 10.2 Å². The molecule has 1 saturated heterocycles. The number of carbonyl (C=O) groups is 1.